The highest BCUT2D eigenvalue weighted by Crippen LogP contribution is 2.24. The van der Waals surface area contributed by atoms with E-state index in [0.29, 0.717) is 22.9 Å². The van der Waals surface area contributed by atoms with Crippen LogP contribution in [0.3, 0.4) is 0 Å². The zero-order valence-corrected chi connectivity index (χ0v) is 13.2. The second kappa shape index (κ2) is 6.44. The summed E-state index contributed by atoms with van der Waals surface area (Å²) >= 11 is 0. The lowest BCUT2D eigenvalue weighted by Crippen LogP contribution is -2.35. The van der Waals surface area contributed by atoms with Crippen molar-refractivity contribution in [1.82, 2.24) is 15.4 Å². The lowest BCUT2D eigenvalue weighted by molar-refractivity contribution is -0.641. The number of aryl methyl sites for hydroxylation is 2. The first-order valence-corrected chi connectivity index (χ1v) is 8.02. The maximum atomic E-state index is 12.2. The fourth-order valence-corrected chi connectivity index (χ4v) is 2.88. The third kappa shape index (κ3) is 3.11. The SMILES string of the molecule is CNC(C)CNc1nc2cc3c(cc2[n+]([O-])n1)CCCCC3. The van der Waals surface area contributed by atoms with Gasteiger partial charge in [-0.15, -0.1) is 0 Å². The number of hydrogen-bond acceptors (Lipinski definition) is 5. The van der Waals surface area contributed by atoms with Crippen LogP contribution in [0.2, 0.25) is 0 Å². The van der Waals surface area contributed by atoms with Gasteiger partial charge >= 0.3 is 0 Å². The first-order valence-electron chi connectivity index (χ1n) is 8.02. The van der Waals surface area contributed by atoms with Gasteiger partial charge in [-0.25, -0.2) is 4.98 Å². The summed E-state index contributed by atoms with van der Waals surface area (Å²) in [6, 6.07) is 4.33. The molecule has 0 fully saturated rings. The molecule has 0 aliphatic heterocycles. The van der Waals surface area contributed by atoms with Crippen LogP contribution in [0.15, 0.2) is 12.1 Å². The smallest absolute Gasteiger partial charge is 0.290 e. The Morgan fingerprint density at radius 3 is 2.68 bits per heavy atom. The van der Waals surface area contributed by atoms with Gasteiger partial charge in [0.15, 0.2) is 0 Å². The molecule has 1 heterocycles. The number of aromatic nitrogens is 3. The van der Waals surface area contributed by atoms with Crippen molar-refractivity contribution in [2.45, 2.75) is 45.1 Å². The van der Waals surface area contributed by atoms with Gasteiger partial charge in [0.25, 0.3) is 11.5 Å². The molecule has 1 unspecified atom stereocenters. The molecule has 6 nitrogen and oxygen atoms in total. The molecule has 0 amide bonds. The van der Waals surface area contributed by atoms with Crippen LogP contribution >= 0.6 is 0 Å². The van der Waals surface area contributed by atoms with Crippen molar-refractivity contribution >= 4 is 17.0 Å². The van der Waals surface area contributed by atoms with Crippen LogP contribution in [-0.4, -0.2) is 29.7 Å². The van der Waals surface area contributed by atoms with Crippen molar-refractivity contribution in [3.63, 3.8) is 0 Å². The Labute approximate surface area is 130 Å². The largest absolute Gasteiger partial charge is 0.594 e. The number of hydrogen-bond donors (Lipinski definition) is 2. The van der Waals surface area contributed by atoms with Gasteiger partial charge < -0.3 is 15.8 Å². The second-order valence-electron chi connectivity index (χ2n) is 6.05. The first-order chi connectivity index (χ1) is 10.7. The van der Waals surface area contributed by atoms with Gasteiger partial charge in [-0.05, 0) is 61.7 Å². The fraction of sp³-hybridized carbons (Fsp3) is 0.562. The molecule has 1 atom stereocenters. The normalized spacial score (nSPS) is 16.1. The Balaban J connectivity index is 1.95. The van der Waals surface area contributed by atoms with E-state index in [1.54, 1.807) is 0 Å². The minimum absolute atomic E-state index is 0.284. The maximum absolute atomic E-state index is 12.2. The van der Waals surface area contributed by atoms with Crippen LogP contribution in [0.1, 0.15) is 37.3 Å². The summed E-state index contributed by atoms with van der Waals surface area (Å²) in [6.07, 6.45) is 5.78. The van der Waals surface area contributed by atoms with Gasteiger partial charge in [0.05, 0.1) is 5.10 Å². The van der Waals surface area contributed by atoms with E-state index in [-0.39, 0.29) is 6.04 Å². The van der Waals surface area contributed by atoms with E-state index >= 15 is 0 Å². The van der Waals surface area contributed by atoms with Crippen molar-refractivity contribution in [2.24, 2.45) is 0 Å². The number of benzene rings is 1. The van der Waals surface area contributed by atoms with Crippen molar-refractivity contribution < 1.29 is 4.85 Å². The highest BCUT2D eigenvalue weighted by Gasteiger charge is 2.16. The first kappa shape index (κ1) is 15.0. The van der Waals surface area contributed by atoms with Crippen LogP contribution in [0.4, 0.5) is 5.95 Å². The third-order valence-corrected chi connectivity index (χ3v) is 4.37. The summed E-state index contributed by atoms with van der Waals surface area (Å²) in [6.45, 7) is 2.73. The van der Waals surface area contributed by atoms with Gasteiger partial charge in [0.2, 0.25) is 0 Å². The number of likely N-dealkylation sites (N-methyl/N-ethyl adjacent to an activating group) is 1. The molecule has 1 aliphatic rings. The Kier molecular flexibility index (Phi) is 4.38. The lowest BCUT2D eigenvalue weighted by atomic mass is 10.0. The number of fused-ring (bicyclic) bond motifs is 2. The summed E-state index contributed by atoms with van der Waals surface area (Å²) in [4.78, 5) is 5.20. The maximum Gasteiger partial charge on any atom is 0.290 e. The molecular weight excluding hydrogens is 278 g/mol. The molecule has 6 heteroatoms. The lowest BCUT2D eigenvalue weighted by Gasteiger charge is -2.11. The summed E-state index contributed by atoms with van der Waals surface area (Å²) in [5, 5.41) is 22.4. The molecule has 1 aliphatic carbocycles. The number of anilines is 1. The quantitative estimate of drug-likeness (QED) is 0.509. The van der Waals surface area contributed by atoms with E-state index in [1.807, 2.05) is 13.1 Å². The van der Waals surface area contributed by atoms with Crippen LogP contribution < -0.4 is 15.5 Å². The molecular formula is C16H23N5O. The molecule has 0 saturated heterocycles. The predicted molar refractivity (Wildman–Crippen MR) is 86.8 cm³/mol. The van der Waals surface area contributed by atoms with E-state index in [1.165, 1.54) is 30.4 Å². The van der Waals surface area contributed by atoms with E-state index in [4.69, 9.17) is 0 Å². The highest BCUT2D eigenvalue weighted by molar-refractivity contribution is 5.74. The molecule has 0 spiro atoms. The minimum Gasteiger partial charge on any atom is -0.594 e. The van der Waals surface area contributed by atoms with Gasteiger partial charge in [0, 0.05) is 18.7 Å². The molecule has 1 aromatic heterocycles. The van der Waals surface area contributed by atoms with Crippen LogP contribution in [0.25, 0.3) is 11.0 Å². The monoisotopic (exact) mass is 301 g/mol. The van der Waals surface area contributed by atoms with Crippen molar-refractivity contribution in [2.75, 3.05) is 18.9 Å². The second-order valence-corrected chi connectivity index (χ2v) is 6.05. The van der Waals surface area contributed by atoms with E-state index in [9.17, 15) is 5.21 Å². The summed E-state index contributed by atoms with van der Waals surface area (Å²) in [7, 11) is 1.90. The average Bonchev–Trinajstić information content (AvgIpc) is 2.75. The molecule has 118 valence electrons. The van der Waals surface area contributed by atoms with E-state index in [0.717, 1.165) is 18.4 Å². The Hall–Kier alpha value is -1.95. The van der Waals surface area contributed by atoms with Crippen molar-refractivity contribution in [1.29, 1.82) is 0 Å². The standard InChI is InChI=1S/C16H23N5O/c1-11(17-2)10-18-16-19-14-8-12-6-4-3-5-7-13(12)9-15(14)21(22)20-16/h8-9,11,17H,3-7,10H2,1-2H3,(H,18,19,20). The zero-order chi connectivity index (χ0) is 15.5. The molecule has 2 aromatic rings. The third-order valence-electron chi connectivity index (χ3n) is 4.37. The average molecular weight is 301 g/mol. The topological polar surface area (TPSA) is 76.8 Å². The van der Waals surface area contributed by atoms with Gasteiger partial charge in [-0.3, -0.25) is 0 Å². The highest BCUT2D eigenvalue weighted by atomic mass is 16.5. The molecule has 0 bridgehead atoms. The Morgan fingerprint density at radius 2 is 1.95 bits per heavy atom. The number of rotatable bonds is 4. The van der Waals surface area contributed by atoms with Crippen molar-refractivity contribution in [3.8, 4) is 0 Å². The van der Waals surface area contributed by atoms with Gasteiger partial charge in [0.1, 0.15) is 5.52 Å². The van der Waals surface area contributed by atoms with Crippen LogP contribution in [0, 0.1) is 5.21 Å². The number of nitrogens with one attached hydrogen (secondary N) is 2. The predicted octanol–water partition coefficient (Wildman–Crippen LogP) is 1.55. The summed E-state index contributed by atoms with van der Waals surface area (Å²) < 4.78 is 0. The van der Waals surface area contributed by atoms with E-state index in [2.05, 4.69) is 33.7 Å². The zero-order valence-electron chi connectivity index (χ0n) is 13.2. The fourth-order valence-electron chi connectivity index (χ4n) is 2.88. The van der Waals surface area contributed by atoms with Crippen LogP contribution in [0.5, 0.6) is 0 Å². The molecule has 0 saturated carbocycles. The Bertz CT molecular complexity index is 673. The van der Waals surface area contributed by atoms with Crippen molar-refractivity contribution in [3.05, 3.63) is 28.5 Å². The summed E-state index contributed by atoms with van der Waals surface area (Å²) in [5.74, 6) is 0.387. The van der Waals surface area contributed by atoms with E-state index < -0.39 is 0 Å². The van der Waals surface area contributed by atoms with Gasteiger partial charge in [-0.1, -0.05) is 6.42 Å². The van der Waals surface area contributed by atoms with Gasteiger partial charge in [-0.2, -0.15) is 0 Å². The molecule has 1 aromatic carbocycles. The van der Waals surface area contributed by atoms with Crippen LogP contribution in [-0.2, 0) is 12.8 Å². The molecule has 22 heavy (non-hydrogen) atoms. The summed E-state index contributed by atoms with van der Waals surface area (Å²) in [5.41, 5.74) is 3.90. The molecule has 0 radical (unpaired) electrons. The minimum atomic E-state index is 0.284. The Morgan fingerprint density at radius 1 is 1.23 bits per heavy atom. The molecule has 3 rings (SSSR count). The number of nitrogens with zero attached hydrogens (tertiary/aromatic N) is 3. The molecule has 2 N–H and O–H groups in total.